The van der Waals surface area contributed by atoms with Crippen molar-refractivity contribution in [1.82, 2.24) is 20.1 Å². The molecule has 0 saturated carbocycles. The number of hydrogen-bond donors (Lipinski definition) is 0. The number of ether oxygens (including phenoxy) is 1. The van der Waals surface area contributed by atoms with Crippen molar-refractivity contribution < 1.29 is 23.2 Å². The number of pyridine rings is 1. The van der Waals surface area contributed by atoms with Gasteiger partial charge in [-0.25, -0.2) is 14.2 Å². The van der Waals surface area contributed by atoms with Gasteiger partial charge in [-0.2, -0.15) is 4.98 Å². The van der Waals surface area contributed by atoms with Crippen LogP contribution in [0.4, 0.5) is 15.2 Å². The Kier molecular flexibility index (Phi) is 6.94. The van der Waals surface area contributed by atoms with Crippen molar-refractivity contribution in [3.63, 3.8) is 0 Å². The van der Waals surface area contributed by atoms with Gasteiger partial charge >= 0.3 is 5.97 Å². The first kappa shape index (κ1) is 23.5. The number of carbonyl (C=O) groups is 2. The second-order valence-electron chi connectivity index (χ2n) is 6.86. The van der Waals surface area contributed by atoms with Gasteiger partial charge in [0.1, 0.15) is 22.4 Å². The quantitative estimate of drug-likeness (QED) is 0.250. The summed E-state index contributed by atoms with van der Waals surface area (Å²) in [6.07, 6.45) is 1.56. The van der Waals surface area contributed by atoms with E-state index in [0.29, 0.717) is 11.4 Å². The third kappa shape index (κ3) is 4.80. The minimum atomic E-state index is -0.838. The van der Waals surface area contributed by atoms with Crippen molar-refractivity contribution in [3.8, 4) is 11.5 Å². The maximum atomic E-state index is 13.5. The Hall–Kier alpha value is -3.70. The van der Waals surface area contributed by atoms with Crippen molar-refractivity contribution >= 4 is 45.5 Å². The molecule has 174 valence electrons. The molecule has 0 unspecified atom stereocenters. The van der Waals surface area contributed by atoms with Gasteiger partial charge in [-0.05, 0) is 50.2 Å². The molecule has 0 fully saturated rings. The molecule has 0 saturated heterocycles. The molecular weight excluding hydrogens is 485 g/mol. The fourth-order valence-corrected chi connectivity index (χ4v) is 4.34. The van der Waals surface area contributed by atoms with Crippen molar-refractivity contribution in [1.29, 1.82) is 0 Å². The van der Waals surface area contributed by atoms with Gasteiger partial charge in [0.25, 0.3) is 11.7 Å². The summed E-state index contributed by atoms with van der Waals surface area (Å²) in [5, 5.41) is 3.92. The van der Waals surface area contributed by atoms with E-state index in [1.54, 1.807) is 38.2 Å². The fourth-order valence-electron chi connectivity index (χ4n) is 3.02. The molecule has 4 aromatic rings. The lowest BCUT2D eigenvalue weighted by Gasteiger charge is -2.27. The summed E-state index contributed by atoms with van der Waals surface area (Å²) in [4.78, 5) is 39.6. The zero-order valence-electron chi connectivity index (χ0n) is 17.9. The van der Waals surface area contributed by atoms with Gasteiger partial charge in [-0.1, -0.05) is 34.2 Å². The van der Waals surface area contributed by atoms with E-state index in [1.807, 2.05) is 0 Å². The summed E-state index contributed by atoms with van der Waals surface area (Å²) in [5.74, 6) is -1.74. The average Bonchev–Trinajstić information content (AvgIpc) is 3.48. The van der Waals surface area contributed by atoms with Crippen molar-refractivity contribution in [2.75, 3.05) is 11.5 Å². The minimum absolute atomic E-state index is 0.0380. The third-order valence-corrected chi connectivity index (χ3v) is 6.06. The lowest BCUT2D eigenvalue weighted by atomic mass is 10.2. The second kappa shape index (κ2) is 10.1. The molecule has 0 amide bonds. The molecule has 0 aliphatic carbocycles. The molecule has 34 heavy (non-hydrogen) atoms. The lowest BCUT2D eigenvalue weighted by Crippen LogP contribution is -2.36. The second-order valence-corrected chi connectivity index (χ2v) is 8.19. The van der Waals surface area contributed by atoms with Gasteiger partial charge in [-0.15, -0.1) is 0 Å². The molecule has 1 aromatic carbocycles. The van der Waals surface area contributed by atoms with Crippen LogP contribution in [0.1, 0.15) is 29.4 Å². The molecular formula is C22H17ClFN5O4S. The SMILES string of the molecule is CCOC(=O)[C@H](C)N(c1ccc(F)cc1)c1nc(Cl)c(C(=O)c2nc(-c3ccccn3)no2)s1. The highest BCUT2D eigenvalue weighted by atomic mass is 35.5. The van der Waals surface area contributed by atoms with Crippen molar-refractivity contribution in [3.05, 3.63) is 70.4 Å². The number of rotatable bonds is 8. The van der Waals surface area contributed by atoms with Crippen LogP contribution >= 0.6 is 22.9 Å². The number of carbonyl (C=O) groups excluding carboxylic acids is 2. The molecule has 3 aromatic heterocycles. The minimum Gasteiger partial charge on any atom is -0.464 e. The van der Waals surface area contributed by atoms with Crippen LogP contribution in [0.2, 0.25) is 5.15 Å². The number of thiazole rings is 1. The van der Waals surface area contributed by atoms with Gasteiger partial charge in [0.2, 0.25) is 5.82 Å². The van der Waals surface area contributed by atoms with E-state index in [4.69, 9.17) is 20.9 Å². The molecule has 3 heterocycles. The Morgan fingerprint density at radius 2 is 1.97 bits per heavy atom. The van der Waals surface area contributed by atoms with E-state index < -0.39 is 23.6 Å². The predicted molar refractivity (Wildman–Crippen MR) is 123 cm³/mol. The van der Waals surface area contributed by atoms with Crippen LogP contribution in [0.25, 0.3) is 11.5 Å². The van der Waals surface area contributed by atoms with Gasteiger partial charge in [0, 0.05) is 11.9 Å². The highest BCUT2D eigenvalue weighted by molar-refractivity contribution is 7.18. The summed E-state index contributed by atoms with van der Waals surface area (Å²) < 4.78 is 23.8. The number of ketones is 1. The summed E-state index contributed by atoms with van der Waals surface area (Å²) in [6.45, 7) is 3.47. The summed E-state index contributed by atoms with van der Waals surface area (Å²) in [7, 11) is 0. The standard InChI is InChI=1S/C22H17ClFN5O4S/c1-3-32-21(31)12(2)29(14-9-7-13(24)8-10-14)22-26-18(23)17(34-22)16(30)20-27-19(28-33-20)15-6-4-5-11-25-15/h4-12H,3H2,1-2H3/t12-/m0/s1. The van der Waals surface area contributed by atoms with E-state index in [9.17, 15) is 14.0 Å². The van der Waals surface area contributed by atoms with E-state index in [2.05, 4.69) is 20.1 Å². The van der Waals surface area contributed by atoms with Gasteiger partial charge in [-0.3, -0.25) is 9.78 Å². The number of anilines is 2. The number of nitrogens with zero attached hydrogens (tertiary/aromatic N) is 5. The Morgan fingerprint density at radius 3 is 2.65 bits per heavy atom. The largest absolute Gasteiger partial charge is 0.464 e. The first-order valence-electron chi connectivity index (χ1n) is 10.1. The smallest absolute Gasteiger partial charge is 0.328 e. The van der Waals surface area contributed by atoms with Crippen LogP contribution in [0.15, 0.2) is 53.2 Å². The fraction of sp³-hybridized carbons (Fsp3) is 0.182. The van der Waals surface area contributed by atoms with Crippen molar-refractivity contribution in [2.45, 2.75) is 19.9 Å². The molecule has 12 heteroatoms. The van der Waals surface area contributed by atoms with Crippen LogP contribution in [0.5, 0.6) is 0 Å². The Balaban J connectivity index is 1.68. The molecule has 1 atom stereocenters. The zero-order chi connectivity index (χ0) is 24.2. The molecule has 9 nitrogen and oxygen atoms in total. The Labute approximate surface area is 202 Å². The average molecular weight is 502 g/mol. The monoisotopic (exact) mass is 501 g/mol. The Morgan fingerprint density at radius 1 is 1.21 bits per heavy atom. The lowest BCUT2D eigenvalue weighted by molar-refractivity contribution is -0.144. The van der Waals surface area contributed by atoms with E-state index in [-0.39, 0.29) is 33.5 Å². The highest BCUT2D eigenvalue weighted by Gasteiger charge is 2.31. The van der Waals surface area contributed by atoms with Gasteiger partial charge in [0.05, 0.1) is 6.61 Å². The van der Waals surface area contributed by atoms with Gasteiger partial charge in [0.15, 0.2) is 10.3 Å². The maximum Gasteiger partial charge on any atom is 0.328 e. The van der Waals surface area contributed by atoms with Crippen LogP contribution in [-0.2, 0) is 9.53 Å². The van der Waals surface area contributed by atoms with Crippen molar-refractivity contribution in [2.24, 2.45) is 0 Å². The van der Waals surface area contributed by atoms with E-state index >= 15 is 0 Å². The normalized spacial score (nSPS) is 11.8. The molecule has 0 aliphatic rings. The number of hydrogen-bond acceptors (Lipinski definition) is 10. The van der Waals surface area contributed by atoms with Gasteiger partial charge < -0.3 is 14.2 Å². The predicted octanol–water partition coefficient (Wildman–Crippen LogP) is 4.70. The number of aromatic nitrogens is 4. The molecule has 0 aliphatic heterocycles. The molecule has 0 radical (unpaired) electrons. The topological polar surface area (TPSA) is 111 Å². The first-order chi connectivity index (χ1) is 16.4. The number of halogens is 2. The van der Waals surface area contributed by atoms with Crippen LogP contribution < -0.4 is 4.90 Å². The van der Waals surface area contributed by atoms with Crippen LogP contribution in [0, 0.1) is 5.82 Å². The highest BCUT2D eigenvalue weighted by Crippen LogP contribution is 2.37. The zero-order valence-corrected chi connectivity index (χ0v) is 19.5. The number of esters is 1. The molecule has 0 bridgehead atoms. The van der Waals surface area contributed by atoms with Crippen LogP contribution in [0.3, 0.4) is 0 Å². The maximum absolute atomic E-state index is 13.5. The summed E-state index contributed by atoms with van der Waals surface area (Å²) in [5.41, 5.74) is 0.897. The third-order valence-electron chi connectivity index (χ3n) is 4.62. The molecule has 0 N–H and O–H groups in total. The summed E-state index contributed by atoms with van der Waals surface area (Å²) in [6, 6.07) is 9.79. The van der Waals surface area contributed by atoms with Crippen LogP contribution in [-0.4, -0.2) is 44.5 Å². The molecule has 0 spiro atoms. The first-order valence-corrected chi connectivity index (χ1v) is 11.3. The summed E-state index contributed by atoms with van der Waals surface area (Å²) >= 11 is 7.22. The van der Waals surface area contributed by atoms with E-state index in [0.717, 1.165) is 11.3 Å². The Bertz CT molecular complexity index is 1310. The molecule has 4 rings (SSSR count). The number of benzene rings is 1. The van der Waals surface area contributed by atoms with E-state index in [1.165, 1.54) is 29.2 Å².